The van der Waals surface area contributed by atoms with Crippen LogP contribution in [0, 0.1) is 52.4 Å². The van der Waals surface area contributed by atoms with Crippen molar-refractivity contribution in [1.29, 1.82) is 0 Å². The third-order valence-corrected chi connectivity index (χ3v) is 4.32. The summed E-state index contributed by atoms with van der Waals surface area (Å²) in [5.74, 6) is -16.6. The van der Waals surface area contributed by atoms with Gasteiger partial charge >= 0.3 is 0 Å². The van der Waals surface area contributed by atoms with Crippen LogP contribution in [-0.2, 0) is 0 Å². The highest BCUT2D eigenvalue weighted by atomic mass is 19.2. The molecular formula is C19H8BF9O. The number of ether oxygens (including phenoxy) is 1. The summed E-state index contributed by atoms with van der Waals surface area (Å²) in [6.45, 7) is -2.43. The van der Waals surface area contributed by atoms with E-state index in [1.807, 2.05) is 0 Å². The summed E-state index contributed by atoms with van der Waals surface area (Å²) in [5.41, 5.74) is -3.62. The van der Waals surface area contributed by atoms with E-state index in [2.05, 4.69) is 4.74 Å². The zero-order valence-electron chi connectivity index (χ0n) is 14.8. The molecule has 1 nitrogen and oxygen atoms in total. The Kier molecular flexibility index (Phi) is 5.73. The van der Waals surface area contributed by atoms with Gasteiger partial charge in [-0.15, -0.1) is 0 Å². The van der Waals surface area contributed by atoms with Crippen molar-refractivity contribution >= 4 is 23.1 Å². The van der Waals surface area contributed by atoms with Crippen LogP contribution < -0.4 is 21.1 Å². The van der Waals surface area contributed by atoms with Crippen molar-refractivity contribution in [2.45, 2.75) is 0 Å². The van der Waals surface area contributed by atoms with Crippen LogP contribution in [0.15, 0.2) is 30.3 Å². The maximum atomic E-state index is 14.7. The van der Waals surface area contributed by atoms with E-state index in [4.69, 9.17) is 0 Å². The molecule has 0 aliphatic carbocycles. The molecule has 3 rings (SSSR count). The molecule has 30 heavy (non-hydrogen) atoms. The second-order valence-electron chi connectivity index (χ2n) is 6.12. The summed E-state index contributed by atoms with van der Waals surface area (Å²) in [7, 11) is 0.793. The van der Waals surface area contributed by atoms with E-state index in [1.54, 1.807) is 0 Å². The smallest absolute Gasteiger partial charge is 0.258 e. The summed E-state index contributed by atoms with van der Waals surface area (Å²) in [6.07, 6.45) is 0. The minimum atomic E-state index is -2.43. The van der Waals surface area contributed by atoms with E-state index in [-0.39, 0.29) is 30.3 Å². The van der Waals surface area contributed by atoms with Gasteiger partial charge in [0.2, 0.25) is 0 Å². The Hall–Kier alpha value is -3.11. The van der Waals surface area contributed by atoms with E-state index in [9.17, 15) is 39.5 Å². The molecule has 0 atom stereocenters. The third-order valence-electron chi connectivity index (χ3n) is 4.32. The van der Waals surface area contributed by atoms with E-state index >= 15 is 0 Å². The van der Waals surface area contributed by atoms with Crippen molar-refractivity contribution in [1.82, 2.24) is 0 Å². The summed E-state index contributed by atoms with van der Waals surface area (Å²) < 4.78 is 132. The van der Waals surface area contributed by atoms with Gasteiger partial charge in [0, 0.05) is 23.7 Å². The molecule has 0 aromatic heterocycles. The quantitative estimate of drug-likeness (QED) is 0.348. The fourth-order valence-corrected chi connectivity index (χ4v) is 3.11. The lowest BCUT2D eigenvalue weighted by molar-refractivity contribution is 0.381. The molecule has 0 radical (unpaired) electrons. The van der Waals surface area contributed by atoms with Gasteiger partial charge in [-0.05, 0) is 23.1 Å². The highest BCUT2D eigenvalue weighted by Gasteiger charge is 2.37. The molecule has 0 saturated heterocycles. The van der Waals surface area contributed by atoms with Crippen molar-refractivity contribution in [3.63, 3.8) is 0 Å². The standard InChI is InChI=1S/C19H8BF9O/c1-30-19-14(26)6-13(25)18(29)15(19)20(9-2-7(21)4-11(23)16(9)27)10-3-8(22)5-12(24)17(10)28/h2-6H,1H3. The third kappa shape index (κ3) is 3.59. The van der Waals surface area contributed by atoms with Crippen LogP contribution in [0.3, 0.4) is 0 Å². The lowest BCUT2D eigenvalue weighted by atomic mass is 9.36. The molecule has 0 unspecified atom stereocenters. The molecule has 0 aliphatic rings. The van der Waals surface area contributed by atoms with E-state index in [1.165, 1.54) is 0 Å². The molecule has 0 bridgehead atoms. The maximum Gasteiger partial charge on any atom is 0.258 e. The molecule has 11 heteroatoms. The number of methoxy groups -OCH3 is 1. The second kappa shape index (κ2) is 7.96. The predicted octanol–water partition coefficient (Wildman–Crippen LogP) is 3.46. The number of benzene rings is 3. The first kappa shape index (κ1) is 21.6. The fourth-order valence-electron chi connectivity index (χ4n) is 3.11. The first-order valence-corrected chi connectivity index (χ1v) is 8.07. The average molecular weight is 434 g/mol. The second-order valence-corrected chi connectivity index (χ2v) is 6.12. The average Bonchev–Trinajstić information content (AvgIpc) is 2.66. The molecular weight excluding hydrogens is 426 g/mol. The van der Waals surface area contributed by atoms with Crippen molar-refractivity contribution in [2.75, 3.05) is 7.11 Å². The highest BCUT2D eigenvalue weighted by Crippen LogP contribution is 2.21. The first-order valence-electron chi connectivity index (χ1n) is 8.07. The zero-order chi connectivity index (χ0) is 22.3. The number of hydrogen-bond donors (Lipinski definition) is 0. The molecule has 0 N–H and O–H groups in total. The van der Waals surface area contributed by atoms with Crippen LogP contribution in [-0.4, -0.2) is 13.8 Å². The Labute approximate surface area is 163 Å². The number of halogens is 9. The molecule has 0 saturated carbocycles. The van der Waals surface area contributed by atoms with Gasteiger partial charge in [0.05, 0.1) is 7.11 Å². The Morgan fingerprint density at radius 3 is 1.43 bits per heavy atom. The Morgan fingerprint density at radius 2 is 1.00 bits per heavy atom. The Bertz CT molecular complexity index is 1090. The molecule has 0 heterocycles. The maximum absolute atomic E-state index is 14.7. The largest absolute Gasteiger partial charge is 0.494 e. The Balaban J connectivity index is 2.52. The predicted molar refractivity (Wildman–Crippen MR) is 90.2 cm³/mol. The van der Waals surface area contributed by atoms with Crippen LogP contribution in [0.2, 0.25) is 0 Å². The van der Waals surface area contributed by atoms with Gasteiger partial charge in [-0.2, -0.15) is 0 Å². The molecule has 0 spiro atoms. The number of rotatable bonds is 4. The van der Waals surface area contributed by atoms with Crippen LogP contribution >= 0.6 is 0 Å². The summed E-state index contributed by atoms with van der Waals surface area (Å²) >= 11 is 0. The summed E-state index contributed by atoms with van der Waals surface area (Å²) in [5, 5.41) is 0. The van der Waals surface area contributed by atoms with Crippen LogP contribution in [0.1, 0.15) is 0 Å². The monoisotopic (exact) mass is 434 g/mol. The molecule has 0 aliphatic heterocycles. The van der Waals surface area contributed by atoms with Gasteiger partial charge in [-0.1, -0.05) is 0 Å². The zero-order valence-corrected chi connectivity index (χ0v) is 14.8. The molecule has 0 amide bonds. The van der Waals surface area contributed by atoms with Crippen LogP contribution in [0.5, 0.6) is 5.75 Å². The van der Waals surface area contributed by atoms with Crippen LogP contribution in [0.4, 0.5) is 39.5 Å². The lowest BCUT2D eigenvalue weighted by Gasteiger charge is -2.21. The highest BCUT2D eigenvalue weighted by molar-refractivity contribution is 6.96. The molecule has 0 fully saturated rings. The van der Waals surface area contributed by atoms with E-state index in [0.717, 1.165) is 7.11 Å². The lowest BCUT2D eigenvalue weighted by Crippen LogP contribution is -2.57. The molecule has 3 aromatic rings. The molecule has 3 aromatic carbocycles. The van der Waals surface area contributed by atoms with Gasteiger partial charge in [-0.25, -0.2) is 39.5 Å². The van der Waals surface area contributed by atoms with E-state index in [0.29, 0.717) is 0 Å². The fraction of sp³-hybridized carbons (Fsp3) is 0.0526. The van der Waals surface area contributed by atoms with Crippen molar-refractivity contribution in [2.24, 2.45) is 0 Å². The normalized spacial score (nSPS) is 11.0. The van der Waals surface area contributed by atoms with Crippen molar-refractivity contribution < 1.29 is 44.3 Å². The van der Waals surface area contributed by atoms with Gasteiger partial charge in [0.15, 0.2) is 46.5 Å². The molecule has 156 valence electrons. The van der Waals surface area contributed by atoms with Gasteiger partial charge < -0.3 is 4.74 Å². The Morgan fingerprint density at radius 1 is 0.567 bits per heavy atom. The van der Waals surface area contributed by atoms with Gasteiger partial charge in [-0.3, -0.25) is 0 Å². The minimum Gasteiger partial charge on any atom is -0.494 e. The van der Waals surface area contributed by atoms with Gasteiger partial charge in [0.25, 0.3) is 6.71 Å². The topological polar surface area (TPSA) is 9.23 Å². The minimum absolute atomic E-state index is 0.0553. The van der Waals surface area contributed by atoms with Crippen LogP contribution in [0.25, 0.3) is 0 Å². The van der Waals surface area contributed by atoms with Crippen molar-refractivity contribution in [3.8, 4) is 5.75 Å². The van der Waals surface area contributed by atoms with Crippen molar-refractivity contribution in [3.05, 3.63) is 82.7 Å². The van der Waals surface area contributed by atoms with E-state index < -0.39 is 81.2 Å². The number of hydrogen-bond acceptors (Lipinski definition) is 1. The summed E-state index contributed by atoms with van der Waals surface area (Å²) in [6, 6.07) is 0.788. The first-order chi connectivity index (χ1) is 14.1. The summed E-state index contributed by atoms with van der Waals surface area (Å²) in [4.78, 5) is 0. The SMILES string of the molecule is COc1c(F)cc(F)c(F)c1B(c1cc(F)cc(F)c1F)c1cc(F)cc(F)c1F. The van der Waals surface area contributed by atoms with Gasteiger partial charge in [0.1, 0.15) is 11.6 Å².